The summed E-state index contributed by atoms with van der Waals surface area (Å²) in [5.74, 6) is -2.01. The molecule has 27 heavy (non-hydrogen) atoms. The topological polar surface area (TPSA) is 96.5 Å². The number of amides is 3. The molecule has 0 saturated heterocycles. The SMILES string of the molecule is COc1ccc(NC(=O)CNC(=O)C(=O)Nc2ccc(Cl)c(Cl)c2)cc1Cl. The van der Waals surface area contributed by atoms with Gasteiger partial charge in [0.2, 0.25) is 5.91 Å². The smallest absolute Gasteiger partial charge is 0.313 e. The Balaban J connectivity index is 1.84. The zero-order valence-electron chi connectivity index (χ0n) is 13.9. The van der Waals surface area contributed by atoms with Gasteiger partial charge < -0.3 is 20.7 Å². The van der Waals surface area contributed by atoms with Crippen molar-refractivity contribution >= 4 is 63.9 Å². The summed E-state index contributed by atoms with van der Waals surface area (Å²) in [5.41, 5.74) is 0.710. The lowest BCUT2D eigenvalue weighted by Crippen LogP contribution is -2.39. The maximum atomic E-state index is 11.9. The number of rotatable bonds is 5. The third-order valence-electron chi connectivity index (χ3n) is 3.23. The molecule has 2 aromatic carbocycles. The third kappa shape index (κ3) is 6.02. The standard InChI is InChI=1S/C17H14Cl3N3O4/c1-27-14-5-3-9(7-13(14)20)22-15(24)8-21-16(25)17(26)23-10-2-4-11(18)12(19)6-10/h2-7H,8H2,1H3,(H,21,25)(H,22,24)(H,23,26). The minimum Gasteiger partial charge on any atom is -0.495 e. The van der Waals surface area contributed by atoms with Gasteiger partial charge >= 0.3 is 11.8 Å². The van der Waals surface area contributed by atoms with Gasteiger partial charge in [-0.05, 0) is 36.4 Å². The van der Waals surface area contributed by atoms with E-state index in [9.17, 15) is 14.4 Å². The van der Waals surface area contributed by atoms with Gasteiger partial charge in [-0.25, -0.2) is 0 Å². The second-order valence-electron chi connectivity index (χ2n) is 5.16. The van der Waals surface area contributed by atoms with Crippen molar-refractivity contribution in [2.45, 2.75) is 0 Å². The van der Waals surface area contributed by atoms with E-state index in [1.807, 2.05) is 0 Å². The number of hydrogen-bond acceptors (Lipinski definition) is 4. The van der Waals surface area contributed by atoms with Crippen LogP contribution in [0.1, 0.15) is 0 Å². The molecule has 0 heterocycles. The van der Waals surface area contributed by atoms with Crippen LogP contribution >= 0.6 is 34.8 Å². The van der Waals surface area contributed by atoms with Crippen LogP contribution in [0, 0.1) is 0 Å². The molecule has 0 fully saturated rings. The van der Waals surface area contributed by atoms with E-state index in [0.29, 0.717) is 27.2 Å². The largest absolute Gasteiger partial charge is 0.495 e. The predicted octanol–water partition coefficient (Wildman–Crippen LogP) is 3.35. The second kappa shape index (κ2) is 9.45. The summed E-state index contributed by atoms with van der Waals surface area (Å²) in [5, 5.41) is 7.95. The molecule has 0 aliphatic carbocycles. The number of ether oxygens (including phenoxy) is 1. The van der Waals surface area contributed by atoms with Crippen LogP contribution in [0.5, 0.6) is 5.75 Å². The van der Waals surface area contributed by atoms with Crippen LogP contribution < -0.4 is 20.7 Å². The van der Waals surface area contributed by atoms with Crippen LogP contribution in [0.4, 0.5) is 11.4 Å². The average molecular weight is 431 g/mol. The molecule has 0 unspecified atom stereocenters. The van der Waals surface area contributed by atoms with Crippen molar-refractivity contribution in [2.75, 3.05) is 24.3 Å². The Morgan fingerprint density at radius 3 is 2.11 bits per heavy atom. The minimum absolute atomic E-state index is 0.229. The molecular weight excluding hydrogens is 417 g/mol. The Labute approximate surface area is 169 Å². The number of benzene rings is 2. The molecule has 142 valence electrons. The third-order valence-corrected chi connectivity index (χ3v) is 4.26. The molecule has 0 aromatic heterocycles. The van der Waals surface area contributed by atoms with Gasteiger partial charge in [0.15, 0.2) is 0 Å². The lowest BCUT2D eigenvalue weighted by Gasteiger charge is -2.09. The molecule has 0 radical (unpaired) electrons. The van der Waals surface area contributed by atoms with E-state index < -0.39 is 24.3 Å². The molecule has 0 bridgehead atoms. The highest BCUT2D eigenvalue weighted by Crippen LogP contribution is 2.27. The Morgan fingerprint density at radius 1 is 0.852 bits per heavy atom. The van der Waals surface area contributed by atoms with Crippen molar-refractivity contribution < 1.29 is 19.1 Å². The highest BCUT2D eigenvalue weighted by molar-refractivity contribution is 6.43. The molecule has 2 aromatic rings. The monoisotopic (exact) mass is 429 g/mol. The molecule has 0 aliphatic rings. The number of hydrogen-bond donors (Lipinski definition) is 3. The lowest BCUT2D eigenvalue weighted by molar-refractivity contribution is -0.136. The van der Waals surface area contributed by atoms with Crippen molar-refractivity contribution in [2.24, 2.45) is 0 Å². The molecule has 3 amide bonds. The molecule has 2 rings (SSSR count). The summed E-state index contributed by atoms with van der Waals surface area (Å²) >= 11 is 17.6. The van der Waals surface area contributed by atoms with E-state index in [0.717, 1.165) is 0 Å². The number of anilines is 2. The number of carbonyl (C=O) groups is 3. The van der Waals surface area contributed by atoms with E-state index in [-0.39, 0.29) is 5.02 Å². The van der Waals surface area contributed by atoms with E-state index in [1.165, 1.54) is 31.4 Å². The predicted molar refractivity (Wildman–Crippen MR) is 105 cm³/mol. The van der Waals surface area contributed by atoms with Gasteiger partial charge in [-0.2, -0.15) is 0 Å². The fourth-order valence-electron chi connectivity index (χ4n) is 1.95. The van der Waals surface area contributed by atoms with Crippen molar-refractivity contribution in [3.8, 4) is 5.75 Å². The number of nitrogens with one attached hydrogen (secondary N) is 3. The van der Waals surface area contributed by atoms with Gasteiger partial charge in [0.25, 0.3) is 0 Å². The van der Waals surface area contributed by atoms with Crippen molar-refractivity contribution in [3.05, 3.63) is 51.5 Å². The summed E-state index contributed by atoms with van der Waals surface area (Å²) in [7, 11) is 1.47. The molecule has 0 saturated carbocycles. The van der Waals surface area contributed by atoms with Gasteiger partial charge in [0.05, 0.1) is 28.7 Å². The summed E-state index contributed by atoms with van der Waals surface area (Å²) in [6.45, 7) is -0.405. The Hall–Kier alpha value is -2.48. The zero-order chi connectivity index (χ0) is 20.0. The van der Waals surface area contributed by atoms with E-state index in [4.69, 9.17) is 39.5 Å². The highest BCUT2D eigenvalue weighted by Gasteiger charge is 2.15. The second-order valence-corrected chi connectivity index (χ2v) is 6.38. The molecule has 0 aliphatic heterocycles. The average Bonchev–Trinajstić information content (AvgIpc) is 2.63. The fourth-order valence-corrected chi connectivity index (χ4v) is 2.51. The van der Waals surface area contributed by atoms with Crippen LogP contribution in [0.2, 0.25) is 15.1 Å². The normalized spacial score (nSPS) is 10.1. The first kappa shape index (κ1) is 20.8. The molecular formula is C17H14Cl3N3O4. The molecule has 10 heteroatoms. The van der Waals surface area contributed by atoms with Gasteiger partial charge in [0, 0.05) is 11.4 Å². The van der Waals surface area contributed by atoms with Crippen LogP contribution in [0.25, 0.3) is 0 Å². The Morgan fingerprint density at radius 2 is 1.48 bits per heavy atom. The van der Waals surface area contributed by atoms with Crippen molar-refractivity contribution in [1.82, 2.24) is 5.32 Å². The first-order valence-electron chi connectivity index (χ1n) is 7.47. The quantitative estimate of drug-likeness (QED) is 0.634. The van der Waals surface area contributed by atoms with Gasteiger partial charge in [-0.15, -0.1) is 0 Å². The Kier molecular flexibility index (Phi) is 7.29. The van der Waals surface area contributed by atoms with Crippen LogP contribution in [-0.2, 0) is 14.4 Å². The fraction of sp³-hybridized carbons (Fsp3) is 0.118. The molecule has 3 N–H and O–H groups in total. The first-order valence-corrected chi connectivity index (χ1v) is 8.61. The van der Waals surface area contributed by atoms with Gasteiger partial charge in [-0.1, -0.05) is 34.8 Å². The first-order chi connectivity index (χ1) is 12.8. The van der Waals surface area contributed by atoms with Gasteiger partial charge in [-0.3, -0.25) is 14.4 Å². The minimum atomic E-state index is -0.982. The van der Waals surface area contributed by atoms with E-state index in [1.54, 1.807) is 12.1 Å². The van der Waals surface area contributed by atoms with Crippen LogP contribution in [0.3, 0.4) is 0 Å². The summed E-state index contributed by atoms with van der Waals surface area (Å²) in [6.07, 6.45) is 0. The van der Waals surface area contributed by atoms with E-state index in [2.05, 4.69) is 16.0 Å². The lowest BCUT2D eigenvalue weighted by atomic mass is 10.3. The molecule has 0 atom stereocenters. The Bertz CT molecular complexity index is 890. The summed E-state index contributed by atoms with van der Waals surface area (Å²) in [4.78, 5) is 35.5. The number of methoxy groups -OCH3 is 1. The summed E-state index contributed by atoms with van der Waals surface area (Å²) in [6, 6.07) is 9.03. The van der Waals surface area contributed by atoms with Crippen LogP contribution in [0.15, 0.2) is 36.4 Å². The van der Waals surface area contributed by atoms with Crippen molar-refractivity contribution in [1.29, 1.82) is 0 Å². The number of halogens is 3. The number of carbonyl (C=O) groups excluding carboxylic acids is 3. The van der Waals surface area contributed by atoms with Crippen LogP contribution in [-0.4, -0.2) is 31.4 Å². The molecule has 7 nitrogen and oxygen atoms in total. The van der Waals surface area contributed by atoms with E-state index >= 15 is 0 Å². The van der Waals surface area contributed by atoms with Gasteiger partial charge in [0.1, 0.15) is 5.75 Å². The summed E-state index contributed by atoms with van der Waals surface area (Å²) < 4.78 is 5.01. The van der Waals surface area contributed by atoms with Crippen molar-refractivity contribution in [3.63, 3.8) is 0 Å². The highest BCUT2D eigenvalue weighted by atomic mass is 35.5. The molecule has 0 spiro atoms. The zero-order valence-corrected chi connectivity index (χ0v) is 16.2. The maximum absolute atomic E-state index is 11.9. The maximum Gasteiger partial charge on any atom is 0.313 e.